The van der Waals surface area contributed by atoms with Crippen LogP contribution in [-0.4, -0.2) is 31.7 Å². The fourth-order valence-corrected chi connectivity index (χ4v) is 4.57. The quantitative estimate of drug-likeness (QED) is 0.517. The number of aromatic amines is 1. The lowest BCUT2D eigenvalue weighted by Gasteiger charge is -2.32. The molecule has 2 aromatic heterocycles. The molecule has 4 aromatic rings. The van der Waals surface area contributed by atoms with Crippen LogP contribution in [0.2, 0.25) is 0 Å². The van der Waals surface area contributed by atoms with Crippen molar-refractivity contribution >= 4 is 16.6 Å². The van der Waals surface area contributed by atoms with E-state index in [4.69, 9.17) is 0 Å². The van der Waals surface area contributed by atoms with Crippen molar-refractivity contribution in [2.75, 3.05) is 11.4 Å². The second kappa shape index (κ2) is 7.58. The van der Waals surface area contributed by atoms with Crippen LogP contribution < -0.4 is 10.5 Å². The molecule has 164 valence electrons. The summed E-state index contributed by atoms with van der Waals surface area (Å²) in [4.78, 5) is 18.8. The number of rotatable bonds is 5. The Morgan fingerprint density at radius 1 is 1.16 bits per heavy atom. The molecule has 5 rings (SSSR count). The van der Waals surface area contributed by atoms with Gasteiger partial charge in [-0.3, -0.25) is 4.79 Å². The largest absolute Gasteiger partial charge is 0.357 e. The van der Waals surface area contributed by atoms with Crippen LogP contribution in [0.15, 0.2) is 53.3 Å². The number of fused-ring (bicyclic) bond motifs is 2. The average Bonchev–Trinajstić information content (AvgIpc) is 3.43. The molecule has 1 atom stereocenters. The van der Waals surface area contributed by atoms with E-state index in [1.54, 1.807) is 0 Å². The van der Waals surface area contributed by atoms with E-state index in [1.807, 2.05) is 28.9 Å². The van der Waals surface area contributed by atoms with Gasteiger partial charge in [-0.15, -0.1) is 5.10 Å². The number of aryl methyl sites for hydroxylation is 1. The van der Waals surface area contributed by atoms with E-state index in [0.29, 0.717) is 11.4 Å². The second-order valence-electron chi connectivity index (χ2n) is 9.23. The summed E-state index contributed by atoms with van der Waals surface area (Å²) in [6, 6.07) is 16.1. The molecular weight excluding hydrogens is 400 g/mol. The smallest absolute Gasteiger partial charge is 0.254 e. The summed E-state index contributed by atoms with van der Waals surface area (Å²) in [6.45, 7) is 9.22. The van der Waals surface area contributed by atoms with E-state index >= 15 is 0 Å². The van der Waals surface area contributed by atoms with Gasteiger partial charge in [-0.25, -0.2) is 4.68 Å². The highest BCUT2D eigenvalue weighted by Gasteiger charge is 2.36. The molecule has 0 unspecified atom stereocenters. The first-order valence-corrected chi connectivity index (χ1v) is 11.2. The van der Waals surface area contributed by atoms with Crippen LogP contribution in [0, 0.1) is 6.92 Å². The van der Waals surface area contributed by atoms with E-state index in [-0.39, 0.29) is 11.1 Å². The zero-order valence-electron chi connectivity index (χ0n) is 19.0. The van der Waals surface area contributed by atoms with Crippen LogP contribution in [0.5, 0.6) is 0 Å². The highest BCUT2D eigenvalue weighted by molar-refractivity contribution is 5.80. The SMILES string of the molecule is CCC(C)(C)n1nnnc1[C@@H](c1cc2cc(C)ccc2[nH]c1=O)N1CCc2ccccc21. The first-order valence-electron chi connectivity index (χ1n) is 11.2. The first kappa shape index (κ1) is 20.4. The number of nitrogens with zero attached hydrogens (tertiary/aromatic N) is 5. The molecule has 7 heteroatoms. The van der Waals surface area contributed by atoms with Crippen molar-refractivity contribution < 1.29 is 0 Å². The third-order valence-corrected chi connectivity index (χ3v) is 6.73. The van der Waals surface area contributed by atoms with Crippen LogP contribution in [0.25, 0.3) is 10.9 Å². The Hall–Kier alpha value is -3.48. The molecule has 0 spiro atoms. The van der Waals surface area contributed by atoms with E-state index < -0.39 is 6.04 Å². The molecule has 1 aliphatic rings. The summed E-state index contributed by atoms with van der Waals surface area (Å²) in [5.41, 5.74) is 4.65. The summed E-state index contributed by atoms with van der Waals surface area (Å²) in [5, 5.41) is 13.9. The monoisotopic (exact) mass is 428 g/mol. The molecule has 1 N–H and O–H groups in total. The van der Waals surface area contributed by atoms with Gasteiger partial charge in [0.2, 0.25) is 0 Å². The van der Waals surface area contributed by atoms with E-state index in [1.165, 1.54) is 5.56 Å². The predicted octanol–water partition coefficient (Wildman–Crippen LogP) is 4.12. The number of benzene rings is 2. The van der Waals surface area contributed by atoms with Gasteiger partial charge in [-0.05, 0) is 79.3 Å². The summed E-state index contributed by atoms with van der Waals surface area (Å²) >= 11 is 0. The summed E-state index contributed by atoms with van der Waals surface area (Å²) in [5.74, 6) is 0.686. The van der Waals surface area contributed by atoms with Gasteiger partial charge in [0.15, 0.2) is 5.82 Å². The maximum Gasteiger partial charge on any atom is 0.254 e. The number of hydrogen-bond acceptors (Lipinski definition) is 5. The van der Waals surface area contributed by atoms with Crippen molar-refractivity contribution in [3.05, 3.63) is 81.4 Å². The zero-order chi connectivity index (χ0) is 22.5. The van der Waals surface area contributed by atoms with Gasteiger partial charge in [0, 0.05) is 23.3 Å². The van der Waals surface area contributed by atoms with Crippen molar-refractivity contribution in [1.82, 2.24) is 25.2 Å². The van der Waals surface area contributed by atoms with Gasteiger partial charge in [0.1, 0.15) is 6.04 Å². The highest BCUT2D eigenvalue weighted by atomic mass is 16.1. The molecule has 0 aliphatic carbocycles. The minimum Gasteiger partial charge on any atom is -0.357 e. The lowest BCUT2D eigenvalue weighted by atomic mass is 9.99. The normalized spacial score (nSPS) is 14.7. The molecule has 0 radical (unpaired) electrons. The molecule has 0 fully saturated rings. The van der Waals surface area contributed by atoms with Gasteiger partial charge < -0.3 is 9.88 Å². The Kier molecular flexibility index (Phi) is 4.84. The fourth-order valence-electron chi connectivity index (χ4n) is 4.57. The number of para-hydroxylation sites is 1. The Morgan fingerprint density at radius 3 is 2.78 bits per heavy atom. The standard InChI is InChI=1S/C25H28N6O/c1-5-25(3,4)31-23(27-28-29-31)22(30-13-12-17-8-6-7-9-21(17)30)19-15-18-14-16(2)10-11-20(18)26-24(19)32/h6-11,14-15,22H,5,12-13H2,1-4H3,(H,26,32)/t22-/m1/s1. The van der Waals surface area contributed by atoms with Crippen molar-refractivity contribution in [1.29, 1.82) is 0 Å². The number of hydrogen-bond donors (Lipinski definition) is 1. The molecule has 3 heterocycles. The van der Waals surface area contributed by atoms with Gasteiger partial charge in [0.25, 0.3) is 5.56 Å². The van der Waals surface area contributed by atoms with Crippen LogP contribution in [0.4, 0.5) is 5.69 Å². The lowest BCUT2D eigenvalue weighted by Crippen LogP contribution is -2.37. The third-order valence-electron chi connectivity index (χ3n) is 6.73. The summed E-state index contributed by atoms with van der Waals surface area (Å²) in [7, 11) is 0. The van der Waals surface area contributed by atoms with Gasteiger partial charge in [0.05, 0.1) is 5.54 Å². The van der Waals surface area contributed by atoms with Gasteiger partial charge in [-0.1, -0.05) is 36.8 Å². The summed E-state index contributed by atoms with van der Waals surface area (Å²) < 4.78 is 1.89. The van der Waals surface area contributed by atoms with Crippen molar-refractivity contribution in [2.45, 2.75) is 52.1 Å². The van der Waals surface area contributed by atoms with E-state index in [9.17, 15) is 4.79 Å². The molecule has 7 nitrogen and oxygen atoms in total. The molecule has 1 aliphatic heterocycles. The number of H-pyrrole nitrogens is 1. The Bertz CT molecular complexity index is 1350. The topological polar surface area (TPSA) is 79.7 Å². The minimum absolute atomic E-state index is 0.111. The number of tetrazole rings is 1. The van der Waals surface area contributed by atoms with E-state index in [2.05, 4.69) is 77.4 Å². The molecule has 32 heavy (non-hydrogen) atoms. The van der Waals surface area contributed by atoms with E-state index in [0.717, 1.165) is 41.5 Å². The fraction of sp³-hybridized carbons (Fsp3) is 0.360. The predicted molar refractivity (Wildman–Crippen MR) is 126 cm³/mol. The Labute approximate surface area is 187 Å². The number of anilines is 1. The molecule has 0 amide bonds. The van der Waals surface area contributed by atoms with Crippen LogP contribution in [0.1, 0.15) is 55.7 Å². The van der Waals surface area contributed by atoms with Gasteiger partial charge >= 0.3 is 0 Å². The first-order chi connectivity index (χ1) is 15.4. The van der Waals surface area contributed by atoms with Crippen LogP contribution in [-0.2, 0) is 12.0 Å². The molecule has 0 bridgehead atoms. The number of nitrogens with one attached hydrogen (secondary N) is 1. The van der Waals surface area contributed by atoms with Crippen molar-refractivity contribution in [3.63, 3.8) is 0 Å². The molecular formula is C25H28N6O. The van der Waals surface area contributed by atoms with Crippen molar-refractivity contribution in [3.8, 4) is 0 Å². The Morgan fingerprint density at radius 2 is 1.97 bits per heavy atom. The van der Waals surface area contributed by atoms with Crippen LogP contribution >= 0.6 is 0 Å². The maximum atomic E-state index is 13.4. The highest BCUT2D eigenvalue weighted by Crippen LogP contribution is 2.38. The second-order valence-corrected chi connectivity index (χ2v) is 9.23. The van der Waals surface area contributed by atoms with Crippen molar-refractivity contribution in [2.24, 2.45) is 0 Å². The Balaban J connectivity index is 1.76. The number of aromatic nitrogens is 5. The lowest BCUT2D eigenvalue weighted by molar-refractivity contribution is 0.287. The average molecular weight is 429 g/mol. The summed E-state index contributed by atoms with van der Waals surface area (Å²) in [6.07, 6.45) is 1.79. The minimum atomic E-state index is -0.395. The molecule has 0 saturated heterocycles. The molecule has 0 saturated carbocycles. The maximum absolute atomic E-state index is 13.4. The van der Waals surface area contributed by atoms with Gasteiger partial charge in [-0.2, -0.15) is 0 Å². The third kappa shape index (κ3) is 3.28. The zero-order valence-corrected chi connectivity index (χ0v) is 19.0. The molecule has 2 aromatic carbocycles. The van der Waals surface area contributed by atoms with Crippen LogP contribution in [0.3, 0.4) is 0 Å². The number of pyridine rings is 1.